The van der Waals surface area contributed by atoms with E-state index in [2.05, 4.69) is 27.0 Å². The number of hydrogen-bond acceptors (Lipinski definition) is 7. The van der Waals surface area contributed by atoms with Gasteiger partial charge in [0.25, 0.3) is 0 Å². The van der Waals surface area contributed by atoms with Crippen LogP contribution in [-0.4, -0.2) is 72.6 Å². The smallest absolute Gasteiger partial charge is 0.382 e. The molecule has 4 N–H and O–H groups in total. The van der Waals surface area contributed by atoms with E-state index in [4.69, 9.17) is 21.3 Å². The third-order valence-corrected chi connectivity index (χ3v) is 7.40. The molecule has 0 radical (unpaired) electrons. The summed E-state index contributed by atoms with van der Waals surface area (Å²) in [5, 5.41) is 19.6. The third-order valence-electron chi connectivity index (χ3n) is 7.10. The zero-order valence-corrected chi connectivity index (χ0v) is 21.0. The van der Waals surface area contributed by atoms with Gasteiger partial charge < -0.3 is 20.5 Å². The average molecular weight is 530 g/mol. The van der Waals surface area contributed by atoms with E-state index in [0.717, 1.165) is 76.0 Å². The molecule has 3 heterocycles. The molecule has 11 heteroatoms. The molecule has 7 nitrogen and oxygen atoms in total. The Labute approximate surface area is 214 Å². The third kappa shape index (κ3) is 7.89. The molecule has 1 aliphatic carbocycles. The topological polar surface area (TPSA) is 90.8 Å². The number of anilines is 1. The molecule has 200 valence electrons. The lowest BCUT2D eigenvalue weighted by molar-refractivity contribution is -0.202. The number of halogens is 4. The monoisotopic (exact) mass is 529 g/mol. The molecule has 2 fully saturated rings. The van der Waals surface area contributed by atoms with Crippen LogP contribution in [0, 0.1) is 5.92 Å². The van der Waals surface area contributed by atoms with Gasteiger partial charge in [-0.05, 0) is 56.6 Å². The molecule has 36 heavy (non-hydrogen) atoms. The molecule has 0 bridgehead atoms. The van der Waals surface area contributed by atoms with Gasteiger partial charge in [-0.3, -0.25) is 10.3 Å². The number of nitrogens with zero attached hydrogens (tertiary/aromatic N) is 2. The minimum absolute atomic E-state index is 0.00660. The highest BCUT2D eigenvalue weighted by Crippen LogP contribution is 2.26. The van der Waals surface area contributed by atoms with Gasteiger partial charge in [0, 0.05) is 56.6 Å². The number of aliphatic hydroxyl groups is 1. The minimum Gasteiger partial charge on any atom is -0.382 e. The number of allylic oxidation sites excluding steroid dienone is 1. The van der Waals surface area contributed by atoms with Gasteiger partial charge in [0.15, 0.2) is 6.10 Å². The molecule has 0 spiro atoms. The maximum Gasteiger partial charge on any atom is 0.415 e. The second kappa shape index (κ2) is 12.7. The molecule has 2 unspecified atom stereocenters. The second-order valence-electron chi connectivity index (χ2n) is 9.84. The maximum absolute atomic E-state index is 12.5. The van der Waals surface area contributed by atoms with Gasteiger partial charge in [-0.25, -0.2) is 4.98 Å². The summed E-state index contributed by atoms with van der Waals surface area (Å²) in [4.78, 5) is 9.31. The number of aliphatic hydroxyl groups excluding tert-OH is 1. The molecule has 3 aliphatic rings. The fraction of sp³-hybridized carbons (Fsp3) is 0.680. The largest absolute Gasteiger partial charge is 0.415 e. The van der Waals surface area contributed by atoms with Gasteiger partial charge in [0.2, 0.25) is 0 Å². The van der Waals surface area contributed by atoms with E-state index in [9.17, 15) is 18.3 Å². The van der Waals surface area contributed by atoms with Crippen molar-refractivity contribution in [2.75, 3.05) is 31.6 Å². The standard InChI is InChI=1S/C25H35ClF3N5O2/c26-20-14-32-24(33-18-6-4-17(5-7-18)30-15-22(35)25(27,28)29)12-19(20)21-2-1-3-23(34-21)31-13-16-8-10-36-11-9-16/h1-2,12,14,16-18,22-23,30-31,35H,3-11,13,15H2,(H,32,33). The van der Waals surface area contributed by atoms with Crippen LogP contribution < -0.4 is 16.0 Å². The van der Waals surface area contributed by atoms with Gasteiger partial charge in [-0.1, -0.05) is 17.7 Å². The first-order chi connectivity index (χ1) is 17.3. The first-order valence-corrected chi connectivity index (χ1v) is 13.1. The summed E-state index contributed by atoms with van der Waals surface area (Å²) in [6.07, 6.45) is 4.80. The van der Waals surface area contributed by atoms with E-state index in [1.54, 1.807) is 6.20 Å². The van der Waals surface area contributed by atoms with Gasteiger partial charge in [0.05, 0.1) is 10.7 Å². The van der Waals surface area contributed by atoms with E-state index < -0.39 is 18.8 Å². The van der Waals surface area contributed by atoms with Crippen LogP contribution in [0.5, 0.6) is 0 Å². The number of rotatable bonds is 9. The van der Waals surface area contributed by atoms with Gasteiger partial charge >= 0.3 is 6.18 Å². The van der Waals surface area contributed by atoms with E-state index in [-0.39, 0.29) is 18.2 Å². The molecular formula is C25H35ClF3N5O2. The quantitative estimate of drug-likeness (QED) is 0.386. The Morgan fingerprint density at radius 1 is 1.08 bits per heavy atom. The fourth-order valence-electron chi connectivity index (χ4n) is 4.87. The molecule has 1 saturated heterocycles. The van der Waals surface area contributed by atoms with Crippen molar-refractivity contribution in [3.05, 3.63) is 35.0 Å². The summed E-state index contributed by atoms with van der Waals surface area (Å²) in [5.41, 5.74) is 1.64. The van der Waals surface area contributed by atoms with Crippen molar-refractivity contribution in [3.8, 4) is 0 Å². The molecule has 2 aliphatic heterocycles. The zero-order valence-electron chi connectivity index (χ0n) is 20.2. The number of alkyl halides is 3. The Hall–Kier alpha value is -1.72. The van der Waals surface area contributed by atoms with Crippen LogP contribution in [0.2, 0.25) is 5.02 Å². The summed E-state index contributed by atoms with van der Waals surface area (Å²) >= 11 is 6.48. The highest BCUT2D eigenvalue weighted by molar-refractivity contribution is 6.35. The van der Waals surface area contributed by atoms with Crippen molar-refractivity contribution in [2.24, 2.45) is 10.9 Å². The first kappa shape index (κ1) is 27.3. The number of dihydropyridines is 1. The number of nitrogens with one attached hydrogen (secondary N) is 3. The van der Waals surface area contributed by atoms with Crippen LogP contribution in [0.15, 0.2) is 29.4 Å². The van der Waals surface area contributed by atoms with Gasteiger partial charge in [-0.15, -0.1) is 0 Å². The van der Waals surface area contributed by atoms with Crippen LogP contribution >= 0.6 is 11.6 Å². The number of aromatic nitrogens is 1. The van der Waals surface area contributed by atoms with E-state index in [0.29, 0.717) is 16.8 Å². The van der Waals surface area contributed by atoms with Crippen LogP contribution in [-0.2, 0) is 4.74 Å². The predicted octanol–water partition coefficient (Wildman–Crippen LogP) is 4.06. The van der Waals surface area contributed by atoms with Gasteiger partial charge in [-0.2, -0.15) is 13.2 Å². The van der Waals surface area contributed by atoms with Crippen molar-refractivity contribution in [2.45, 2.75) is 75.5 Å². The second-order valence-corrected chi connectivity index (χ2v) is 10.2. The normalized spacial score (nSPS) is 26.5. The van der Waals surface area contributed by atoms with Gasteiger partial charge in [0.1, 0.15) is 12.0 Å². The van der Waals surface area contributed by atoms with Crippen LogP contribution in [0.25, 0.3) is 0 Å². The molecular weight excluding hydrogens is 495 g/mol. The average Bonchev–Trinajstić information content (AvgIpc) is 2.88. The summed E-state index contributed by atoms with van der Waals surface area (Å²) in [5.74, 6) is 1.32. The Bertz CT molecular complexity index is 915. The number of hydrogen-bond donors (Lipinski definition) is 4. The fourth-order valence-corrected chi connectivity index (χ4v) is 5.07. The Morgan fingerprint density at radius 3 is 2.53 bits per heavy atom. The van der Waals surface area contributed by atoms with Crippen molar-refractivity contribution in [1.82, 2.24) is 15.6 Å². The van der Waals surface area contributed by atoms with Crippen molar-refractivity contribution >= 4 is 23.1 Å². The van der Waals surface area contributed by atoms with Crippen LogP contribution in [0.1, 0.15) is 50.5 Å². The summed E-state index contributed by atoms with van der Waals surface area (Å²) in [6, 6.07) is 2.03. The van der Waals surface area contributed by atoms with E-state index in [1.807, 2.05) is 12.1 Å². The van der Waals surface area contributed by atoms with Crippen LogP contribution in [0.3, 0.4) is 0 Å². The molecule has 2 atom stereocenters. The summed E-state index contributed by atoms with van der Waals surface area (Å²) in [7, 11) is 0. The molecule has 1 saturated carbocycles. The zero-order chi connectivity index (χ0) is 25.5. The number of aliphatic imine (C=N–C) groups is 1. The summed E-state index contributed by atoms with van der Waals surface area (Å²) in [6.45, 7) is 2.09. The molecule has 1 aromatic rings. The summed E-state index contributed by atoms with van der Waals surface area (Å²) < 4.78 is 42.9. The number of pyridine rings is 1. The van der Waals surface area contributed by atoms with Crippen LogP contribution in [0.4, 0.5) is 19.0 Å². The minimum atomic E-state index is -4.59. The maximum atomic E-state index is 12.5. The van der Waals surface area contributed by atoms with Crippen molar-refractivity contribution in [3.63, 3.8) is 0 Å². The SMILES string of the molecule is OC(CNC1CCC(Nc2cc(C3=NC(NCC4CCOCC4)CC=C3)c(Cl)cn2)CC1)C(F)(F)F. The Morgan fingerprint density at radius 2 is 1.81 bits per heavy atom. The van der Waals surface area contributed by atoms with E-state index in [1.165, 1.54) is 0 Å². The predicted molar refractivity (Wildman–Crippen MR) is 135 cm³/mol. The highest BCUT2D eigenvalue weighted by Gasteiger charge is 2.38. The highest BCUT2D eigenvalue weighted by atomic mass is 35.5. The molecule has 4 rings (SSSR count). The van der Waals surface area contributed by atoms with Crippen molar-refractivity contribution in [1.29, 1.82) is 0 Å². The number of ether oxygens (including phenoxy) is 1. The van der Waals surface area contributed by atoms with E-state index >= 15 is 0 Å². The first-order valence-electron chi connectivity index (χ1n) is 12.7. The lowest BCUT2D eigenvalue weighted by atomic mass is 9.91. The lowest BCUT2D eigenvalue weighted by Gasteiger charge is -2.31. The Kier molecular flexibility index (Phi) is 9.63. The molecule has 1 aromatic heterocycles. The molecule has 0 amide bonds. The molecule has 0 aromatic carbocycles. The van der Waals surface area contributed by atoms with Crippen molar-refractivity contribution < 1.29 is 23.0 Å². The lowest BCUT2D eigenvalue weighted by Crippen LogP contribution is -2.44. The Balaban J connectivity index is 1.29.